The molecule has 2 atom stereocenters. The fourth-order valence-corrected chi connectivity index (χ4v) is 3.44. The summed E-state index contributed by atoms with van der Waals surface area (Å²) in [6, 6.07) is 4.95. The first kappa shape index (κ1) is 12.9. The van der Waals surface area contributed by atoms with Crippen molar-refractivity contribution in [2.45, 2.75) is 18.3 Å². The Balaban J connectivity index is 2.30. The lowest BCUT2D eigenvalue weighted by Gasteiger charge is -2.26. The maximum absolute atomic E-state index is 12.9. The predicted octanol–water partition coefficient (Wildman–Crippen LogP) is 1.87. The van der Waals surface area contributed by atoms with Gasteiger partial charge in [-0.2, -0.15) is 0 Å². The van der Waals surface area contributed by atoms with E-state index in [1.807, 2.05) is 0 Å². The lowest BCUT2D eigenvalue weighted by Crippen LogP contribution is -2.41. The van der Waals surface area contributed by atoms with E-state index in [1.54, 1.807) is 12.1 Å². The van der Waals surface area contributed by atoms with Crippen LogP contribution in [0.5, 0.6) is 0 Å². The van der Waals surface area contributed by atoms with Gasteiger partial charge in [0.05, 0.1) is 0 Å². The highest BCUT2D eigenvalue weighted by atomic mass is 32.2. The number of hydrogen-bond acceptors (Lipinski definition) is 3. The Hall–Kier alpha value is -1.56. The molecule has 0 bridgehead atoms. The Kier molecular flexibility index (Phi) is 3.56. The molecule has 1 unspecified atom stereocenters. The molecule has 18 heavy (non-hydrogen) atoms. The monoisotopic (exact) mass is 269 g/mol. The third kappa shape index (κ3) is 2.33. The number of amides is 1. The van der Waals surface area contributed by atoms with Gasteiger partial charge in [-0.15, -0.1) is 11.8 Å². The highest BCUT2D eigenvalue weighted by Crippen LogP contribution is 2.41. The van der Waals surface area contributed by atoms with Gasteiger partial charge in [-0.1, -0.05) is 12.1 Å². The van der Waals surface area contributed by atoms with Gasteiger partial charge < -0.3 is 10.0 Å². The average Bonchev–Trinajstić information content (AvgIpc) is 2.74. The van der Waals surface area contributed by atoms with Crippen LogP contribution >= 0.6 is 11.8 Å². The smallest absolute Gasteiger partial charge is 0.327 e. The van der Waals surface area contributed by atoms with Crippen LogP contribution in [0.15, 0.2) is 24.3 Å². The van der Waals surface area contributed by atoms with Crippen molar-refractivity contribution in [1.82, 2.24) is 4.90 Å². The Morgan fingerprint density at radius 2 is 2.00 bits per heavy atom. The second kappa shape index (κ2) is 4.97. The highest BCUT2D eigenvalue weighted by molar-refractivity contribution is 7.99. The summed E-state index contributed by atoms with van der Waals surface area (Å²) in [6.45, 7) is 1.35. The lowest BCUT2D eigenvalue weighted by molar-refractivity contribution is -0.148. The molecule has 0 spiro atoms. The predicted molar refractivity (Wildman–Crippen MR) is 65.5 cm³/mol. The number of nitrogens with zero attached hydrogens (tertiary/aromatic N) is 1. The molecule has 4 nitrogen and oxygen atoms in total. The van der Waals surface area contributed by atoms with Gasteiger partial charge in [0, 0.05) is 12.7 Å². The largest absolute Gasteiger partial charge is 0.480 e. The SMILES string of the molecule is CC(=O)N1C(c2ccc(F)cc2)SC[C@@H]1C(=O)O. The molecule has 0 aliphatic carbocycles. The summed E-state index contributed by atoms with van der Waals surface area (Å²) in [6.07, 6.45) is 0. The summed E-state index contributed by atoms with van der Waals surface area (Å²) in [5.74, 6) is -1.31. The number of carbonyl (C=O) groups excluding carboxylic acids is 1. The number of halogens is 1. The fourth-order valence-electron chi connectivity index (χ4n) is 1.97. The number of rotatable bonds is 2. The molecule has 1 aromatic rings. The lowest BCUT2D eigenvalue weighted by atomic mass is 10.1. The summed E-state index contributed by atoms with van der Waals surface area (Å²) >= 11 is 1.38. The maximum Gasteiger partial charge on any atom is 0.327 e. The van der Waals surface area contributed by atoms with E-state index >= 15 is 0 Å². The summed E-state index contributed by atoms with van der Waals surface area (Å²) in [4.78, 5) is 24.0. The van der Waals surface area contributed by atoms with Crippen LogP contribution in [0, 0.1) is 5.82 Å². The van der Waals surface area contributed by atoms with Gasteiger partial charge in [-0.05, 0) is 17.7 Å². The Morgan fingerprint density at radius 3 is 2.50 bits per heavy atom. The third-order valence-electron chi connectivity index (χ3n) is 2.80. The van der Waals surface area contributed by atoms with Crippen molar-refractivity contribution in [2.24, 2.45) is 0 Å². The summed E-state index contributed by atoms with van der Waals surface area (Å²) in [5, 5.41) is 8.72. The van der Waals surface area contributed by atoms with Crippen LogP contribution in [0.3, 0.4) is 0 Å². The van der Waals surface area contributed by atoms with Gasteiger partial charge in [0.15, 0.2) is 0 Å². The van der Waals surface area contributed by atoms with Crippen LogP contribution < -0.4 is 0 Å². The molecule has 1 aliphatic heterocycles. The van der Waals surface area contributed by atoms with Gasteiger partial charge in [0.2, 0.25) is 5.91 Å². The normalized spacial score (nSPS) is 23.1. The molecular weight excluding hydrogens is 257 g/mol. The van der Waals surface area contributed by atoms with Crippen LogP contribution in [0.2, 0.25) is 0 Å². The molecule has 0 saturated carbocycles. The number of carbonyl (C=O) groups is 2. The van der Waals surface area contributed by atoms with Gasteiger partial charge in [0.1, 0.15) is 17.2 Å². The zero-order chi connectivity index (χ0) is 13.3. The van der Waals surface area contributed by atoms with E-state index < -0.39 is 12.0 Å². The molecule has 0 radical (unpaired) electrons. The molecule has 2 rings (SSSR count). The Bertz CT molecular complexity index is 477. The van der Waals surface area contributed by atoms with E-state index in [0.717, 1.165) is 5.56 Å². The molecule has 1 saturated heterocycles. The molecule has 1 aliphatic rings. The summed E-state index contributed by atoms with van der Waals surface area (Å²) in [7, 11) is 0. The molecule has 96 valence electrons. The average molecular weight is 269 g/mol. The number of hydrogen-bond donors (Lipinski definition) is 1. The van der Waals surface area contributed by atoms with Crippen molar-refractivity contribution < 1.29 is 19.1 Å². The van der Waals surface area contributed by atoms with E-state index in [9.17, 15) is 14.0 Å². The highest BCUT2D eigenvalue weighted by Gasteiger charge is 2.40. The van der Waals surface area contributed by atoms with Crippen molar-refractivity contribution in [2.75, 3.05) is 5.75 Å². The van der Waals surface area contributed by atoms with Crippen molar-refractivity contribution >= 4 is 23.6 Å². The first-order valence-electron chi connectivity index (χ1n) is 5.39. The Labute approximate surface area is 108 Å². The van der Waals surface area contributed by atoms with Gasteiger partial charge in [-0.25, -0.2) is 9.18 Å². The van der Waals surface area contributed by atoms with Crippen molar-refractivity contribution in [3.8, 4) is 0 Å². The van der Waals surface area contributed by atoms with Gasteiger partial charge in [0.25, 0.3) is 0 Å². The second-order valence-electron chi connectivity index (χ2n) is 4.02. The molecule has 6 heteroatoms. The number of aliphatic carboxylic acids is 1. The first-order chi connectivity index (χ1) is 8.50. The van der Waals surface area contributed by atoms with Crippen LogP contribution in [-0.2, 0) is 9.59 Å². The van der Waals surface area contributed by atoms with Crippen molar-refractivity contribution in [3.05, 3.63) is 35.6 Å². The minimum absolute atomic E-state index is 0.290. The Morgan fingerprint density at radius 1 is 1.39 bits per heavy atom. The van der Waals surface area contributed by atoms with Crippen LogP contribution in [-0.4, -0.2) is 33.7 Å². The molecular formula is C12H12FNO3S. The standard InChI is InChI=1S/C12H12FNO3S/c1-7(15)14-10(12(16)17)6-18-11(14)8-2-4-9(13)5-3-8/h2-5,10-11H,6H2,1H3,(H,16,17)/t10-,11?/m1/s1. The molecule has 0 aromatic heterocycles. The maximum atomic E-state index is 12.9. The molecule has 1 fully saturated rings. The second-order valence-corrected chi connectivity index (χ2v) is 5.13. The molecule has 1 heterocycles. The number of thioether (sulfide) groups is 1. The van der Waals surface area contributed by atoms with E-state index in [1.165, 1.54) is 35.7 Å². The van der Waals surface area contributed by atoms with E-state index in [0.29, 0.717) is 5.75 Å². The van der Waals surface area contributed by atoms with E-state index in [2.05, 4.69) is 0 Å². The third-order valence-corrected chi connectivity index (χ3v) is 4.13. The minimum Gasteiger partial charge on any atom is -0.480 e. The summed E-state index contributed by atoms with van der Waals surface area (Å²) < 4.78 is 12.9. The fraction of sp³-hybridized carbons (Fsp3) is 0.333. The first-order valence-corrected chi connectivity index (χ1v) is 6.44. The molecule has 1 amide bonds. The number of carboxylic acids is 1. The number of benzene rings is 1. The van der Waals surface area contributed by atoms with Crippen LogP contribution in [0.4, 0.5) is 4.39 Å². The van der Waals surface area contributed by atoms with E-state index in [-0.39, 0.29) is 17.1 Å². The van der Waals surface area contributed by atoms with Crippen LogP contribution in [0.25, 0.3) is 0 Å². The number of carboxylic acid groups (broad SMARTS) is 1. The topological polar surface area (TPSA) is 57.6 Å². The van der Waals surface area contributed by atoms with Gasteiger partial charge >= 0.3 is 5.97 Å². The van der Waals surface area contributed by atoms with Gasteiger partial charge in [-0.3, -0.25) is 4.79 Å². The van der Waals surface area contributed by atoms with Crippen molar-refractivity contribution in [1.29, 1.82) is 0 Å². The molecule has 1 N–H and O–H groups in total. The van der Waals surface area contributed by atoms with E-state index in [4.69, 9.17) is 5.11 Å². The minimum atomic E-state index is -1.01. The zero-order valence-electron chi connectivity index (χ0n) is 9.67. The van der Waals surface area contributed by atoms with Crippen molar-refractivity contribution in [3.63, 3.8) is 0 Å². The quantitative estimate of drug-likeness (QED) is 0.890. The van der Waals surface area contributed by atoms with Crippen LogP contribution in [0.1, 0.15) is 17.9 Å². The molecule has 1 aromatic carbocycles. The zero-order valence-corrected chi connectivity index (χ0v) is 10.5. The summed E-state index contributed by atoms with van der Waals surface area (Å²) in [5.41, 5.74) is 0.736.